The van der Waals surface area contributed by atoms with E-state index < -0.39 is 0 Å². The van der Waals surface area contributed by atoms with E-state index in [1.807, 2.05) is 36.4 Å². The summed E-state index contributed by atoms with van der Waals surface area (Å²) in [6.07, 6.45) is 1.61. The zero-order valence-electron chi connectivity index (χ0n) is 14.0. The zero-order valence-corrected chi connectivity index (χ0v) is 14.0. The molecule has 0 spiro atoms. The van der Waals surface area contributed by atoms with E-state index in [4.69, 9.17) is 4.74 Å². The first-order chi connectivity index (χ1) is 11.8. The number of para-hydroxylation sites is 1. The Balaban J connectivity index is 1.53. The molecule has 3 rings (SSSR count). The Morgan fingerprint density at radius 1 is 1.17 bits per heavy atom. The van der Waals surface area contributed by atoms with Crippen LogP contribution in [0.2, 0.25) is 0 Å². The highest BCUT2D eigenvalue weighted by atomic mass is 16.5. The third kappa shape index (κ3) is 4.21. The van der Waals surface area contributed by atoms with E-state index in [0.717, 1.165) is 61.8 Å². The Hall–Kier alpha value is -2.18. The largest absolute Gasteiger partial charge is 0.496 e. The number of nitrogens with zero attached hydrogens (tertiary/aromatic N) is 3. The molecular formula is C18H24N4O2. The molecule has 6 heteroatoms. The second-order valence-electron chi connectivity index (χ2n) is 6.00. The molecule has 2 N–H and O–H groups in total. The highest BCUT2D eigenvalue weighted by Crippen LogP contribution is 2.27. The Morgan fingerprint density at radius 3 is 2.67 bits per heavy atom. The summed E-state index contributed by atoms with van der Waals surface area (Å²) >= 11 is 0. The number of aromatic nitrogens is 2. The summed E-state index contributed by atoms with van der Waals surface area (Å²) in [5, 5.41) is 21.4. The Bertz CT molecular complexity index is 640. The molecule has 1 aromatic heterocycles. The standard InChI is InChI=1S/C18H24N4O2/c1-24-17-5-3-2-4-15(17)16-6-7-18(21-20-16)19-10-13-22-11-8-14(23)9-12-22/h2-7,14,23H,8-13H2,1H3,(H,19,21). The molecule has 1 saturated heterocycles. The van der Waals surface area contributed by atoms with Gasteiger partial charge in [0.15, 0.2) is 0 Å². The molecule has 6 nitrogen and oxygen atoms in total. The van der Waals surface area contributed by atoms with Crippen molar-refractivity contribution in [1.82, 2.24) is 15.1 Å². The fourth-order valence-electron chi connectivity index (χ4n) is 2.91. The van der Waals surface area contributed by atoms with E-state index >= 15 is 0 Å². The molecule has 1 aliphatic heterocycles. The summed E-state index contributed by atoms with van der Waals surface area (Å²) in [5.41, 5.74) is 1.73. The molecule has 2 heterocycles. The van der Waals surface area contributed by atoms with Gasteiger partial charge >= 0.3 is 0 Å². The second-order valence-corrected chi connectivity index (χ2v) is 6.00. The zero-order chi connectivity index (χ0) is 16.8. The second kappa shape index (κ2) is 8.08. The maximum Gasteiger partial charge on any atom is 0.148 e. The average Bonchev–Trinajstić information content (AvgIpc) is 2.64. The topological polar surface area (TPSA) is 70.5 Å². The van der Waals surface area contributed by atoms with Crippen LogP contribution in [0.1, 0.15) is 12.8 Å². The van der Waals surface area contributed by atoms with Gasteiger partial charge in [0, 0.05) is 31.7 Å². The van der Waals surface area contributed by atoms with Gasteiger partial charge in [0.25, 0.3) is 0 Å². The highest BCUT2D eigenvalue weighted by Gasteiger charge is 2.16. The van der Waals surface area contributed by atoms with E-state index in [2.05, 4.69) is 20.4 Å². The number of aliphatic hydroxyl groups excluding tert-OH is 1. The number of methoxy groups -OCH3 is 1. The first kappa shape index (κ1) is 16.7. The highest BCUT2D eigenvalue weighted by molar-refractivity contribution is 5.67. The van der Waals surface area contributed by atoms with Gasteiger partial charge in [0.1, 0.15) is 11.6 Å². The van der Waals surface area contributed by atoms with Gasteiger partial charge in [-0.15, -0.1) is 10.2 Å². The van der Waals surface area contributed by atoms with Crippen molar-refractivity contribution in [3.8, 4) is 17.0 Å². The smallest absolute Gasteiger partial charge is 0.148 e. The van der Waals surface area contributed by atoms with E-state index in [1.165, 1.54) is 0 Å². The van der Waals surface area contributed by atoms with Crippen molar-refractivity contribution >= 4 is 5.82 Å². The minimum Gasteiger partial charge on any atom is -0.496 e. The van der Waals surface area contributed by atoms with Gasteiger partial charge in [-0.1, -0.05) is 12.1 Å². The van der Waals surface area contributed by atoms with E-state index in [1.54, 1.807) is 7.11 Å². The van der Waals surface area contributed by atoms with Crippen LogP contribution < -0.4 is 10.1 Å². The van der Waals surface area contributed by atoms with Gasteiger partial charge < -0.3 is 20.1 Å². The van der Waals surface area contributed by atoms with Crippen molar-refractivity contribution in [2.75, 3.05) is 38.6 Å². The molecule has 128 valence electrons. The molecule has 0 saturated carbocycles. The number of likely N-dealkylation sites (tertiary alicyclic amines) is 1. The Labute approximate surface area is 142 Å². The van der Waals surface area contributed by atoms with E-state index in [-0.39, 0.29) is 6.10 Å². The molecule has 2 aromatic rings. The molecule has 0 aliphatic carbocycles. The van der Waals surface area contributed by atoms with Crippen LogP contribution in [0.5, 0.6) is 5.75 Å². The lowest BCUT2D eigenvalue weighted by molar-refractivity contribution is 0.0845. The molecule has 0 amide bonds. The molecule has 1 aromatic carbocycles. The van der Waals surface area contributed by atoms with Crippen molar-refractivity contribution in [1.29, 1.82) is 0 Å². The average molecular weight is 328 g/mol. The van der Waals surface area contributed by atoms with Gasteiger partial charge in [-0.3, -0.25) is 0 Å². The summed E-state index contributed by atoms with van der Waals surface area (Å²) in [7, 11) is 1.65. The number of hydrogen-bond acceptors (Lipinski definition) is 6. The molecule has 0 atom stereocenters. The molecule has 0 radical (unpaired) electrons. The third-order valence-corrected chi connectivity index (χ3v) is 4.34. The summed E-state index contributed by atoms with van der Waals surface area (Å²) in [4.78, 5) is 2.36. The van der Waals surface area contributed by atoms with Crippen LogP contribution in [0, 0.1) is 0 Å². The fraction of sp³-hybridized carbons (Fsp3) is 0.444. The van der Waals surface area contributed by atoms with Gasteiger partial charge in [-0.2, -0.15) is 0 Å². The molecule has 0 unspecified atom stereocenters. The van der Waals surface area contributed by atoms with Crippen molar-refractivity contribution in [2.24, 2.45) is 0 Å². The Kier molecular flexibility index (Phi) is 5.61. The number of benzene rings is 1. The van der Waals surface area contributed by atoms with Crippen molar-refractivity contribution < 1.29 is 9.84 Å². The van der Waals surface area contributed by atoms with Crippen molar-refractivity contribution in [3.63, 3.8) is 0 Å². The van der Waals surface area contributed by atoms with Crippen molar-refractivity contribution in [2.45, 2.75) is 18.9 Å². The minimum absolute atomic E-state index is 0.123. The van der Waals surface area contributed by atoms with Crippen LogP contribution >= 0.6 is 0 Å². The number of ether oxygens (including phenoxy) is 1. The first-order valence-electron chi connectivity index (χ1n) is 8.37. The van der Waals surface area contributed by atoms with Crippen LogP contribution in [-0.4, -0.2) is 59.6 Å². The lowest BCUT2D eigenvalue weighted by Crippen LogP contribution is -2.38. The third-order valence-electron chi connectivity index (χ3n) is 4.34. The first-order valence-corrected chi connectivity index (χ1v) is 8.37. The quantitative estimate of drug-likeness (QED) is 0.845. The van der Waals surface area contributed by atoms with Crippen LogP contribution in [0.3, 0.4) is 0 Å². The van der Waals surface area contributed by atoms with Crippen LogP contribution in [0.25, 0.3) is 11.3 Å². The molecular weight excluding hydrogens is 304 g/mol. The summed E-state index contributed by atoms with van der Waals surface area (Å²) in [6, 6.07) is 11.7. The monoisotopic (exact) mass is 328 g/mol. The van der Waals surface area contributed by atoms with Crippen molar-refractivity contribution in [3.05, 3.63) is 36.4 Å². The lowest BCUT2D eigenvalue weighted by atomic mass is 10.1. The molecule has 24 heavy (non-hydrogen) atoms. The number of rotatable bonds is 6. The maximum atomic E-state index is 9.52. The van der Waals surface area contributed by atoms with E-state index in [9.17, 15) is 5.11 Å². The van der Waals surface area contributed by atoms with Gasteiger partial charge in [-0.05, 0) is 37.1 Å². The normalized spacial score (nSPS) is 16.1. The van der Waals surface area contributed by atoms with Crippen LogP contribution in [-0.2, 0) is 0 Å². The number of nitrogens with one attached hydrogen (secondary N) is 1. The maximum absolute atomic E-state index is 9.52. The number of piperidine rings is 1. The molecule has 1 aliphatic rings. The minimum atomic E-state index is -0.123. The fourth-order valence-corrected chi connectivity index (χ4v) is 2.91. The SMILES string of the molecule is COc1ccccc1-c1ccc(NCCN2CCC(O)CC2)nn1. The summed E-state index contributed by atoms with van der Waals surface area (Å²) < 4.78 is 5.36. The predicted molar refractivity (Wildman–Crippen MR) is 94.2 cm³/mol. The predicted octanol–water partition coefficient (Wildman–Crippen LogP) is 2.02. The number of hydrogen-bond donors (Lipinski definition) is 2. The number of anilines is 1. The Morgan fingerprint density at radius 2 is 1.96 bits per heavy atom. The van der Waals surface area contributed by atoms with E-state index in [0.29, 0.717) is 0 Å². The van der Waals surface area contributed by atoms with Crippen LogP contribution in [0.15, 0.2) is 36.4 Å². The number of aliphatic hydroxyl groups is 1. The summed E-state index contributed by atoms with van der Waals surface area (Å²) in [6.45, 7) is 3.68. The summed E-state index contributed by atoms with van der Waals surface area (Å²) in [5.74, 6) is 1.56. The van der Waals surface area contributed by atoms with Gasteiger partial charge in [0.2, 0.25) is 0 Å². The van der Waals surface area contributed by atoms with Gasteiger partial charge in [0.05, 0.1) is 18.9 Å². The van der Waals surface area contributed by atoms with Gasteiger partial charge in [-0.25, -0.2) is 0 Å². The lowest BCUT2D eigenvalue weighted by Gasteiger charge is -2.29. The van der Waals surface area contributed by atoms with Crippen LogP contribution in [0.4, 0.5) is 5.82 Å². The molecule has 0 bridgehead atoms. The molecule has 1 fully saturated rings.